The van der Waals surface area contributed by atoms with Crippen molar-refractivity contribution in [2.75, 3.05) is 6.54 Å². The van der Waals surface area contributed by atoms with Crippen LogP contribution in [-0.2, 0) is 13.6 Å². The average Bonchev–Trinajstić information content (AvgIpc) is 3.30. The lowest BCUT2D eigenvalue weighted by atomic mass is 9.97. The third kappa shape index (κ3) is 3.58. The van der Waals surface area contributed by atoms with Gasteiger partial charge < -0.3 is 9.32 Å². The van der Waals surface area contributed by atoms with Crippen molar-refractivity contribution in [1.29, 1.82) is 0 Å². The van der Waals surface area contributed by atoms with Gasteiger partial charge in [0.05, 0.1) is 17.4 Å². The van der Waals surface area contributed by atoms with Gasteiger partial charge in [0.2, 0.25) is 0 Å². The fraction of sp³-hybridized carbons (Fsp3) is 0.455. The Labute approximate surface area is 174 Å². The second-order valence-electron chi connectivity index (χ2n) is 9.05. The number of hydrogen-bond donors (Lipinski definition) is 0. The molecular weight excluding hydrogens is 382 g/mol. The number of nitrogens with zero attached hydrogens (tertiary/aromatic N) is 5. The molecule has 0 aliphatic carbocycles. The molecule has 1 aliphatic rings. The highest BCUT2D eigenvalue weighted by atomic mass is 16.4. The summed E-state index contributed by atoms with van der Waals surface area (Å²) in [6.45, 7) is 9.48. The molecule has 0 saturated heterocycles. The number of pyridine rings is 1. The van der Waals surface area contributed by atoms with E-state index in [0.717, 1.165) is 16.8 Å². The monoisotopic (exact) mass is 409 g/mol. The number of aryl methyl sites for hydroxylation is 1. The van der Waals surface area contributed by atoms with E-state index in [0.29, 0.717) is 25.2 Å². The lowest BCUT2D eigenvalue weighted by molar-refractivity contribution is 0.0681. The molecule has 0 fully saturated rings. The third-order valence-electron chi connectivity index (χ3n) is 5.37. The van der Waals surface area contributed by atoms with Gasteiger partial charge in [-0.15, -0.1) is 0 Å². The maximum atomic E-state index is 12.7. The summed E-state index contributed by atoms with van der Waals surface area (Å²) in [7, 11) is 1.76. The summed E-state index contributed by atoms with van der Waals surface area (Å²) in [5, 5.41) is 0. The van der Waals surface area contributed by atoms with Crippen LogP contribution in [0.15, 0.2) is 39.9 Å². The standard InChI is InChI=1S/C22H27N5O3/c1-14-12-15(8-10-26(14)20(28)19-23-9-11-30-19)16-6-7-17-18(24-16)25(5)21(29)27(17)13-22(2,3)4/h6-7,9,11-12,14H,8,10,13H2,1-5H3. The van der Waals surface area contributed by atoms with Gasteiger partial charge in [-0.05, 0) is 36.5 Å². The molecule has 158 valence electrons. The Morgan fingerprint density at radius 1 is 1.30 bits per heavy atom. The molecule has 0 radical (unpaired) electrons. The van der Waals surface area contributed by atoms with Crippen molar-refractivity contribution in [1.82, 2.24) is 24.0 Å². The lowest BCUT2D eigenvalue weighted by Crippen LogP contribution is -2.41. The summed E-state index contributed by atoms with van der Waals surface area (Å²) in [5.41, 5.74) is 3.34. The van der Waals surface area contributed by atoms with E-state index in [-0.39, 0.29) is 28.9 Å². The van der Waals surface area contributed by atoms with Crippen molar-refractivity contribution >= 4 is 22.6 Å². The van der Waals surface area contributed by atoms with Crippen LogP contribution in [0.3, 0.4) is 0 Å². The van der Waals surface area contributed by atoms with Crippen molar-refractivity contribution in [3.63, 3.8) is 0 Å². The highest BCUT2D eigenvalue weighted by Gasteiger charge is 2.28. The van der Waals surface area contributed by atoms with Crippen LogP contribution in [0.2, 0.25) is 0 Å². The van der Waals surface area contributed by atoms with Crippen LogP contribution in [0, 0.1) is 5.41 Å². The van der Waals surface area contributed by atoms with Crippen LogP contribution >= 0.6 is 0 Å². The zero-order valence-corrected chi connectivity index (χ0v) is 18.0. The fourth-order valence-corrected chi connectivity index (χ4v) is 3.94. The van der Waals surface area contributed by atoms with Gasteiger partial charge >= 0.3 is 11.6 Å². The Balaban J connectivity index is 1.66. The van der Waals surface area contributed by atoms with E-state index in [1.54, 1.807) is 21.1 Å². The van der Waals surface area contributed by atoms with E-state index in [9.17, 15) is 9.59 Å². The van der Waals surface area contributed by atoms with Crippen LogP contribution in [0.1, 0.15) is 50.5 Å². The minimum atomic E-state index is -0.215. The molecule has 3 aromatic rings. The third-order valence-corrected chi connectivity index (χ3v) is 5.37. The molecule has 0 saturated carbocycles. The first-order valence-electron chi connectivity index (χ1n) is 10.1. The molecule has 1 amide bonds. The maximum Gasteiger partial charge on any atom is 0.330 e. The van der Waals surface area contributed by atoms with Crippen molar-refractivity contribution in [3.8, 4) is 0 Å². The molecule has 30 heavy (non-hydrogen) atoms. The molecule has 4 rings (SSSR count). The number of amides is 1. The first-order chi connectivity index (χ1) is 14.2. The molecule has 4 heterocycles. The van der Waals surface area contributed by atoms with Crippen LogP contribution < -0.4 is 5.69 Å². The largest absolute Gasteiger partial charge is 0.441 e. The molecule has 0 bridgehead atoms. The van der Waals surface area contributed by atoms with Crippen LogP contribution in [0.4, 0.5) is 0 Å². The van der Waals surface area contributed by atoms with E-state index < -0.39 is 0 Å². The molecule has 1 unspecified atom stereocenters. The van der Waals surface area contributed by atoms with Crippen molar-refractivity contribution in [2.45, 2.75) is 46.7 Å². The fourth-order valence-electron chi connectivity index (χ4n) is 3.94. The zero-order valence-electron chi connectivity index (χ0n) is 18.0. The first kappa shape index (κ1) is 20.1. The van der Waals surface area contributed by atoms with E-state index in [4.69, 9.17) is 9.40 Å². The number of hydrogen-bond acceptors (Lipinski definition) is 5. The molecule has 1 aliphatic heterocycles. The van der Waals surface area contributed by atoms with Gasteiger partial charge in [0.25, 0.3) is 5.89 Å². The molecule has 8 nitrogen and oxygen atoms in total. The number of carbonyl (C=O) groups excluding carboxylic acids is 1. The second kappa shape index (κ2) is 7.27. The minimum absolute atomic E-state index is 0.0169. The molecule has 8 heteroatoms. The highest BCUT2D eigenvalue weighted by molar-refractivity contribution is 5.90. The Kier molecular flexibility index (Phi) is 4.88. The molecule has 1 atom stereocenters. The number of oxazole rings is 1. The predicted octanol–water partition coefficient (Wildman–Crippen LogP) is 3.09. The summed E-state index contributed by atoms with van der Waals surface area (Å²) in [4.78, 5) is 35.8. The quantitative estimate of drug-likeness (QED) is 0.664. The number of carbonyl (C=O) groups is 1. The van der Waals surface area contributed by atoms with E-state index >= 15 is 0 Å². The topological polar surface area (TPSA) is 86.2 Å². The van der Waals surface area contributed by atoms with E-state index in [1.807, 2.05) is 25.1 Å². The zero-order chi connectivity index (χ0) is 21.6. The number of fused-ring (bicyclic) bond motifs is 1. The normalized spacial score (nSPS) is 17.4. The first-order valence-corrected chi connectivity index (χ1v) is 10.1. The number of aromatic nitrogens is 4. The van der Waals surface area contributed by atoms with Gasteiger partial charge in [-0.3, -0.25) is 13.9 Å². The SMILES string of the molecule is CC1C=C(c2ccc3c(n2)n(C)c(=O)n3CC(C)(C)C)CCN1C(=O)c1ncco1. The Morgan fingerprint density at radius 2 is 2.07 bits per heavy atom. The number of rotatable bonds is 3. The van der Waals surface area contributed by atoms with Gasteiger partial charge in [0.1, 0.15) is 6.26 Å². The summed E-state index contributed by atoms with van der Waals surface area (Å²) < 4.78 is 8.55. The molecular formula is C22H27N5O3. The van der Waals surface area contributed by atoms with E-state index in [2.05, 4.69) is 25.8 Å². The molecule has 3 aromatic heterocycles. The summed E-state index contributed by atoms with van der Waals surface area (Å²) in [6, 6.07) is 3.83. The van der Waals surface area contributed by atoms with Crippen LogP contribution in [-0.4, -0.2) is 42.5 Å². The Bertz CT molecular complexity index is 1180. The van der Waals surface area contributed by atoms with Crippen molar-refractivity contribution < 1.29 is 9.21 Å². The van der Waals surface area contributed by atoms with Crippen molar-refractivity contribution in [3.05, 3.63) is 52.7 Å². The molecule has 0 aromatic carbocycles. The Morgan fingerprint density at radius 3 is 2.70 bits per heavy atom. The summed E-state index contributed by atoms with van der Waals surface area (Å²) in [6.07, 6.45) is 5.59. The smallest absolute Gasteiger partial charge is 0.330 e. The van der Waals surface area contributed by atoms with Gasteiger partial charge in [-0.2, -0.15) is 0 Å². The average molecular weight is 409 g/mol. The van der Waals surface area contributed by atoms with Gasteiger partial charge in [0.15, 0.2) is 5.65 Å². The van der Waals surface area contributed by atoms with Gasteiger partial charge in [0, 0.05) is 26.2 Å². The Hall–Kier alpha value is -3.16. The number of imidazole rings is 1. The second-order valence-corrected chi connectivity index (χ2v) is 9.05. The highest BCUT2D eigenvalue weighted by Crippen LogP contribution is 2.27. The maximum absolute atomic E-state index is 12.7. The van der Waals surface area contributed by atoms with Crippen LogP contribution in [0.25, 0.3) is 16.7 Å². The minimum Gasteiger partial charge on any atom is -0.441 e. The predicted molar refractivity (Wildman–Crippen MR) is 114 cm³/mol. The summed E-state index contributed by atoms with van der Waals surface area (Å²) in [5.74, 6) is -0.110. The van der Waals surface area contributed by atoms with Gasteiger partial charge in [-0.25, -0.2) is 14.8 Å². The molecule has 0 N–H and O–H groups in total. The van der Waals surface area contributed by atoms with Gasteiger partial charge in [-0.1, -0.05) is 26.8 Å². The summed E-state index contributed by atoms with van der Waals surface area (Å²) >= 11 is 0. The lowest BCUT2D eigenvalue weighted by Gasteiger charge is -2.31. The van der Waals surface area contributed by atoms with Crippen molar-refractivity contribution in [2.24, 2.45) is 12.5 Å². The molecule has 0 spiro atoms. The van der Waals surface area contributed by atoms with Crippen LogP contribution in [0.5, 0.6) is 0 Å². The van der Waals surface area contributed by atoms with E-state index in [1.165, 1.54) is 12.5 Å².